The smallest absolute Gasteiger partial charge is 0.261 e. The van der Waals surface area contributed by atoms with Gasteiger partial charge in [0.05, 0.1) is 10.6 Å². The SMILES string of the molecule is Cc1cccc(NS(=O)(=O)c2ccc(C(=O)Nc3ccc(F)cc3)cc2)c1C. The van der Waals surface area contributed by atoms with E-state index in [0.29, 0.717) is 11.4 Å². The average Bonchev–Trinajstić information content (AvgIpc) is 2.67. The molecule has 0 saturated carbocycles. The topological polar surface area (TPSA) is 75.3 Å². The normalized spacial score (nSPS) is 11.1. The molecule has 0 aromatic heterocycles. The van der Waals surface area contributed by atoms with Gasteiger partial charge in [-0.15, -0.1) is 0 Å². The number of carbonyl (C=O) groups excluding carboxylic acids is 1. The van der Waals surface area contributed by atoms with Crippen LogP contribution in [0.5, 0.6) is 0 Å². The van der Waals surface area contributed by atoms with Gasteiger partial charge in [0.2, 0.25) is 0 Å². The van der Waals surface area contributed by atoms with Crippen molar-refractivity contribution >= 4 is 27.3 Å². The fourth-order valence-corrected chi connectivity index (χ4v) is 3.71. The molecule has 0 fully saturated rings. The monoisotopic (exact) mass is 398 g/mol. The molecule has 3 aromatic carbocycles. The molecule has 2 N–H and O–H groups in total. The lowest BCUT2D eigenvalue weighted by Crippen LogP contribution is -2.15. The minimum Gasteiger partial charge on any atom is -0.322 e. The molecule has 0 radical (unpaired) electrons. The molecule has 144 valence electrons. The first kappa shape index (κ1) is 19.6. The van der Waals surface area contributed by atoms with Crippen molar-refractivity contribution in [3.8, 4) is 0 Å². The number of carbonyl (C=O) groups is 1. The first-order chi connectivity index (χ1) is 13.3. The van der Waals surface area contributed by atoms with Gasteiger partial charge in [-0.2, -0.15) is 0 Å². The Morgan fingerprint density at radius 3 is 2.18 bits per heavy atom. The summed E-state index contributed by atoms with van der Waals surface area (Å²) < 4.78 is 40.7. The molecule has 0 unspecified atom stereocenters. The maximum absolute atomic E-state index is 12.9. The molecule has 0 aliphatic rings. The lowest BCUT2D eigenvalue weighted by Gasteiger charge is -2.12. The highest BCUT2D eigenvalue weighted by Crippen LogP contribution is 2.22. The zero-order valence-electron chi connectivity index (χ0n) is 15.4. The van der Waals surface area contributed by atoms with E-state index in [2.05, 4.69) is 10.0 Å². The fraction of sp³-hybridized carbons (Fsp3) is 0.0952. The zero-order chi connectivity index (χ0) is 20.3. The Balaban J connectivity index is 1.76. The summed E-state index contributed by atoms with van der Waals surface area (Å²) in [5, 5.41) is 2.63. The minimum atomic E-state index is -3.78. The van der Waals surface area contributed by atoms with E-state index in [9.17, 15) is 17.6 Å². The number of anilines is 2. The van der Waals surface area contributed by atoms with Crippen LogP contribution in [0.1, 0.15) is 21.5 Å². The van der Waals surface area contributed by atoms with Crippen LogP contribution in [0.4, 0.5) is 15.8 Å². The van der Waals surface area contributed by atoms with Crippen LogP contribution in [-0.2, 0) is 10.0 Å². The standard InChI is InChI=1S/C21H19FN2O3S/c1-14-4-3-5-20(15(14)2)24-28(26,27)19-12-6-16(7-13-19)21(25)23-18-10-8-17(22)9-11-18/h3-13,24H,1-2H3,(H,23,25). The van der Waals surface area contributed by atoms with E-state index in [1.807, 2.05) is 19.9 Å². The number of halogens is 1. The lowest BCUT2D eigenvalue weighted by molar-refractivity contribution is 0.102. The van der Waals surface area contributed by atoms with Gasteiger partial charge in [-0.05, 0) is 79.6 Å². The maximum atomic E-state index is 12.9. The first-order valence-electron chi connectivity index (χ1n) is 8.52. The van der Waals surface area contributed by atoms with Gasteiger partial charge in [0.1, 0.15) is 5.82 Å². The summed E-state index contributed by atoms with van der Waals surface area (Å²) in [7, 11) is -3.78. The van der Waals surface area contributed by atoms with Crippen molar-refractivity contribution < 1.29 is 17.6 Å². The third-order valence-electron chi connectivity index (χ3n) is 4.38. The Kier molecular flexibility index (Phi) is 5.46. The van der Waals surface area contributed by atoms with E-state index >= 15 is 0 Å². The van der Waals surface area contributed by atoms with Gasteiger partial charge < -0.3 is 5.32 Å². The first-order valence-corrected chi connectivity index (χ1v) is 10.0. The second kappa shape index (κ2) is 7.82. The van der Waals surface area contributed by atoms with Gasteiger partial charge in [0, 0.05) is 11.3 Å². The summed E-state index contributed by atoms with van der Waals surface area (Å²) in [6.07, 6.45) is 0. The van der Waals surface area contributed by atoms with Gasteiger partial charge in [-0.25, -0.2) is 12.8 Å². The number of hydrogen-bond donors (Lipinski definition) is 2. The number of rotatable bonds is 5. The number of hydrogen-bond acceptors (Lipinski definition) is 3. The molecule has 7 heteroatoms. The van der Waals surface area contributed by atoms with Crippen molar-refractivity contribution in [2.45, 2.75) is 18.7 Å². The fourth-order valence-electron chi connectivity index (χ4n) is 2.59. The van der Waals surface area contributed by atoms with Gasteiger partial charge in [0.15, 0.2) is 0 Å². The Labute approximate surface area is 163 Å². The molecular formula is C21H19FN2O3S. The summed E-state index contributed by atoms with van der Waals surface area (Å²) in [5.74, 6) is -0.818. The van der Waals surface area contributed by atoms with Crippen molar-refractivity contribution in [1.82, 2.24) is 0 Å². The molecule has 0 saturated heterocycles. The lowest BCUT2D eigenvalue weighted by atomic mass is 10.1. The Morgan fingerprint density at radius 2 is 1.54 bits per heavy atom. The summed E-state index contributed by atoms with van der Waals surface area (Å²) in [4.78, 5) is 12.3. The molecule has 0 bridgehead atoms. The molecule has 5 nitrogen and oxygen atoms in total. The molecule has 3 rings (SSSR count). The van der Waals surface area contributed by atoms with Crippen LogP contribution in [0.2, 0.25) is 0 Å². The maximum Gasteiger partial charge on any atom is 0.261 e. The largest absolute Gasteiger partial charge is 0.322 e. The van der Waals surface area contributed by atoms with Crippen LogP contribution in [0.25, 0.3) is 0 Å². The molecule has 0 atom stereocenters. The molecular weight excluding hydrogens is 379 g/mol. The Morgan fingerprint density at radius 1 is 0.893 bits per heavy atom. The number of benzene rings is 3. The molecule has 0 spiro atoms. The predicted molar refractivity (Wildman–Crippen MR) is 108 cm³/mol. The highest BCUT2D eigenvalue weighted by atomic mass is 32.2. The van der Waals surface area contributed by atoms with E-state index in [4.69, 9.17) is 0 Å². The molecule has 0 heterocycles. The number of aryl methyl sites for hydroxylation is 1. The van der Waals surface area contributed by atoms with Crippen LogP contribution < -0.4 is 10.0 Å². The van der Waals surface area contributed by atoms with Crippen LogP contribution in [0.3, 0.4) is 0 Å². The third kappa shape index (κ3) is 4.37. The highest BCUT2D eigenvalue weighted by molar-refractivity contribution is 7.92. The summed E-state index contributed by atoms with van der Waals surface area (Å²) in [6, 6.07) is 16.3. The second-order valence-corrected chi connectivity index (χ2v) is 8.02. The molecule has 0 aliphatic carbocycles. The van der Waals surface area contributed by atoms with Crippen molar-refractivity contribution in [2.75, 3.05) is 10.0 Å². The summed E-state index contributed by atoms with van der Waals surface area (Å²) >= 11 is 0. The van der Waals surface area contributed by atoms with Crippen LogP contribution in [0.15, 0.2) is 71.6 Å². The van der Waals surface area contributed by atoms with E-state index in [1.54, 1.807) is 12.1 Å². The van der Waals surface area contributed by atoms with Gasteiger partial charge >= 0.3 is 0 Å². The summed E-state index contributed by atoms with van der Waals surface area (Å²) in [6.45, 7) is 3.75. The van der Waals surface area contributed by atoms with Crippen molar-refractivity contribution in [3.05, 3.63) is 89.2 Å². The van der Waals surface area contributed by atoms with Gasteiger partial charge in [0.25, 0.3) is 15.9 Å². The number of amides is 1. The Hall–Kier alpha value is -3.19. The molecule has 0 aliphatic heterocycles. The summed E-state index contributed by atoms with van der Waals surface area (Å²) in [5.41, 5.74) is 3.07. The van der Waals surface area contributed by atoms with Gasteiger partial charge in [-0.1, -0.05) is 12.1 Å². The molecule has 1 amide bonds. The van der Waals surface area contributed by atoms with Crippen molar-refractivity contribution in [2.24, 2.45) is 0 Å². The van der Waals surface area contributed by atoms with Crippen LogP contribution >= 0.6 is 0 Å². The van der Waals surface area contributed by atoms with E-state index < -0.39 is 21.7 Å². The van der Waals surface area contributed by atoms with Crippen molar-refractivity contribution in [1.29, 1.82) is 0 Å². The second-order valence-electron chi connectivity index (χ2n) is 6.34. The third-order valence-corrected chi connectivity index (χ3v) is 5.76. The quantitative estimate of drug-likeness (QED) is 0.665. The number of nitrogens with one attached hydrogen (secondary N) is 2. The van der Waals surface area contributed by atoms with Gasteiger partial charge in [-0.3, -0.25) is 9.52 Å². The van der Waals surface area contributed by atoms with E-state index in [-0.39, 0.29) is 10.5 Å². The number of sulfonamides is 1. The predicted octanol–water partition coefficient (Wildman–Crippen LogP) is 4.50. The van der Waals surface area contributed by atoms with Crippen molar-refractivity contribution in [3.63, 3.8) is 0 Å². The Bertz CT molecular complexity index is 1110. The minimum absolute atomic E-state index is 0.0479. The molecule has 28 heavy (non-hydrogen) atoms. The zero-order valence-corrected chi connectivity index (χ0v) is 16.2. The van der Waals surface area contributed by atoms with E-state index in [1.165, 1.54) is 48.5 Å². The highest BCUT2D eigenvalue weighted by Gasteiger charge is 2.16. The average molecular weight is 398 g/mol. The van der Waals surface area contributed by atoms with Crippen LogP contribution in [0, 0.1) is 19.7 Å². The molecule has 3 aromatic rings. The van der Waals surface area contributed by atoms with E-state index in [0.717, 1.165) is 11.1 Å². The van der Waals surface area contributed by atoms with Crippen LogP contribution in [-0.4, -0.2) is 14.3 Å².